The van der Waals surface area contributed by atoms with E-state index in [1.165, 1.54) is 12.1 Å². The molecule has 0 saturated heterocycles. The Morgan fingerprint density at radius 1 is 1.54 bits per heavy atom. The monoisotopic (exact) mass is 197 g/mol. The number of hydrogen-bond acceptors (Lipinski definition) is 3. The van der Waals surface area contributed by atoms with Crippen LogP contribution in [0.4, 0.5) is 0 Å². The number of halogens is 1. The van der Waals surface area contributed by atoms with Crippen molar-refractivity contribution < 1.29 is 14.3 Å². The van der Waals surface area contributed by atoms with E-state index in [1.54, 1.807) is 6.07 Å². The van der Waals surface area contributed by atoms with Gasteiger partial charge in [0.15, 0.2) is 5.58 Å². The zero-order valence-corrected chi connectivity index (χ0v) is 7.08. The third-order valence-electron chi connectivity index (χ3n) is 1.61. The van der Waals surface area contributed by atoms with Gasteiger partial charge in [0.2, 0.25) is 0 Å². The first-order valence-electron chi connectivity index (χ1n) is 3.46. The number of aromatic carboxylic acids is 1. The highest BCUT2D eigenvalue weighted by Gasteiger charge is 2.07. The Balaban J connectivity index is 2.67. The average molecular weight is 198 g/mol. The van der Waals surface area contributed by atoms with Crippen molar-refractivity contribution in [2.75, 3.05) is 0 Å². The maximum absolute atomic E-state index is 10.6. The first-order chi connectivity index (χ1) is 6.16. The van der Waals surface area contributed by atoms with Crippen molar-refractivity contribution in [3.8, 4) is 0 Å². The number of rotatable bonds is 1. The van der Waals surface area contributed by atoms with Crippen molar-refractivity contribution in [1.82, 2.24) is 4.98 Å². The Morgan fingerprint density at radius 3 is 3.00 bits per heavy atom. The van der Waals surface area contributed by atoms with Gasteiger partial charge in [0.1, 0.15) is 5.52 Å². The fraction of sp³-hybridized carbons (Fsp3) is 0. The van der Waals surface area contributed by atoms with Crippen LogP contribution in [0.3, 0.4) is 0 Å². The van der Waals surface area contributed by atoms with Gasteiger partial charge in [-0.05, 0) is 29.8 Å². The maximum Gasteiger partial charge on any atom is 0.335 e. The minimum atomic E-state index is -1.01. The van der Waals surface area contributed by atoms with Crippen LogP contribution in [0.5, 0.6) is 0 Å². The van der Waals surface area contributed by atoms with E-state index in [0.29, 0.717) is 11.1 Å². The van der Waals surface area contributed by atoms with Gasteiger partial charge in [-0.2, -0.15) is 4.98 Å². The molecular weight excluding hydrogens is 194 g/mol. The molecule has 1 aromatic carbocycles. The molecule has 0 aliphatic heterocycles. The Bertz CT molecular complexity index is 477. The number of nitrogens with zero attached hydrogens (tertiary/aromatic N) is 1. The number of carbonyl (C=O) groups is 1. The van der Waals surface area contributed by atoms with Crippen molar-refractivity contribution in [2.45, 2.75) is 0 Å². The number of carboxylic acid groups (broad SMARTS) is 1. The van der Waals surface area contributed by atoms with E-state index < -0.39 is 5.97 Å². The Morgan fingerprint density at radius 2 is 2.31 bits per heavy atom. The van der Waals surface area contributed by atoms with E-state index in [0.717, 1.165) is 0 Å². The fourth-order valence-electron chi connectivity index (χ4n) is 1.03. The van der Waals surface area contributed by atoms with Gasteiger partial charge in [-0.1, -0.05) is 0 Å². The third-order valence-corrected chi connectivity index (χ3v) is 1.77. The summed E-state index contributed by atoms with van der Waals surface area (Å²) in [6, 6.07) is 4.38. The second-order valence-corrected chi connectivity index (χ2v) is 2.78. The van der Waals surface area contributed by atoms with Crippen molar-refractivity contribution >= 4 is 28.7 Å². The van der Waals surface area contributed by atoms with Crippen LogP contribution in [0.25, 0.3) is 11.1 Å². The number of benzene rings is 1. The molecule has 4 nitrogen and oxygen atoms in total. The van der Waals surface area contributed by atoms with Gasteiger partial charge >= 0.3 is 5.97 Å². The summed E-state index contributed by atoms with van der Waals surface area (Å²) in [5, 5.41) is 8.67. The lowest BCUT2D eigenvalue weighted by Crippen LogP contribution is -1.94. The van der Waals surface area contributed by atoms with E-state index in [-0.39, 0.29) is 10.9 Å². The molecule has 0 aliphatic carbocycles. The summed E-state index contributed by atoms with van der Waals surface area (Å²) in [6.45, 7) is 0. The summed E-state index contributed by atoms with van der Waals surface area (Å²) in [5.41, 5.74) is 1.08. The van der Waals surface area contributed by atoms with Gasteiger partial charge in [-0.25, -0.2) is 4.79 Å². The average Bonchev–Trinajstić information content (AvgIpc) is 2.42. The smallest absolute Gasteiger partial charge is 0.335 e. The molecule has 0 bridgehead atoms. The summed E-state index contributed by atoms with van der Waals surface area (Å²) in [7, 11) is 0. The van der Waals surface area contributed by atoms with Crippen LogP contribution in [0.15, 0.2) is 22.6 Å². The summed E-state index contributed by atoms with van der Waals surface area (Å²) in [4.78, 5) is 14.4. The molecule has 0 atom stereocenters. The van der Waals surface area contributed by atoms with Crippen LogP contribution in [-0.4, -0.2) is 16.1 Å². The zero-order chi connectivity index (χ0) is 9.42. The van der Waals surface area contributed by atoms with E-state index in [4.69, 9.17) is 21.1 Å². The van der Waals surface area contributed by atoms with Crippen LogP contribution < -0.4 is 0 Å². The summed E-state index contributed by atoms with van der Waals surface area (Å²) in [5.74, 6) is -1.01. The van der Waals surface area contributed by atoms with Crippen molar-refractivity contribution in [3.63, 3.8) is 0 Å². The second-order valence-electron chi connectivity index (χ2n) is 2.45. The quantitative estimate of drug-likeness (QED) is 0.761. The fourth-order valence-corrected chi connectivity index (χ4v) is 1.20. The standard InChI is InChI=1S/C8H4ClNO3/c9-8-10-5-2-1-4(7(11)12)3-6(5)13-8/h1-3H,(H,11,12). The lowest BCUT2D eigenvalue weighted by molar-refractivity contribution is 0.0697. The predicted octanol–water partition coefficient (Wildman–Crippen LogP) is 2.18. The van der Waals surface area contributed by atoms with Crippen LogP contribution >= 0.6 is 11.6 Å². The summed E-state index contributed by atoms with van der Waals surface area (Å²) >= 11 is 5.49. The van der Waals surface area contributed by atoms with E-state index in [2.05, 4.69) is 4.98 Å². The molecule has 1 heterocycles. The highest BCUT2D eigenvalue weighted by molar-refractivity contribution is 6.28. The van der Waals surface area contributed by atoms with Gasteiger partial charge in [-0.3, -0.25) is 0 Å². The number of fused-ring (bicyclic) bond motifs is 1. The lowest BCUT2D eigenvalue weighted by Gasteiger charge is -1.90. The SMILES string of the molecule is O=C(O)c1ccc2nc(Cl)oc2c1. The molecule has 66 valence electrons. The molecule has 0 amide bonds. The maximum atomic E-state index is 10.6. The van der Waals surface area contributed by atoms with Gasteiger partial charge < -0.3 is 9.52 Å². The van der Waals surface area contributed by atoms with E-state index in [1.807, 2.05) is 0 Å². The number of oxazole rings is 1. The first kappa shape index (κ1) is 8.07. The second kappa shape index (κ2) is 2.74. The predicted molar refractivity (Wildman–Crippen MR) is 46.0 cm³/mol. The Labute approximate surface area is 77.8 Å². The van der Waals surface area contributed by atoms with Crippen molar-refractivity contribution in [3.05, 3.63) is 29.1 Å². The highest BCUT2D eigenvalue weighted by atomic mass is 35.5. The zero-order valence-electron chi connectivity index (χ0n) is 6.32. The molecule has 0 aliphatic rings. The molecule has 2 rings (SSSR count). The minimum absolute atomic E-state index is 0.0116. The summed E-state index contributed by atoms with van der Waals surface area (Å²) in [6.07, 6.45) is 0. The molecular formula is C8H4ClNO3. The highest BCUT2D eigenvalue weighted by Crippen LogP contribution is 2.19. The van der Waals surface area contributed by atoms with Gasteiger partial charge in [0, 0.05) is 0 Å². The number of aromatic nitrogens is 1. The first-order valence-corrected chi connectivity index (χ1v) is 3.84. The normalized spacial score (nSPS) is 10.5. The molecule has 0 unspecified atom stereocenters. The van der Waals surface area contributed by atoms with Gasteiger partial charge in [0.05, 0.1) is 5.56 Å². The van der Waals surface area contributed by atoms with E-state index in [9.17, 15) is 4.79 Å². The summed E-state index contributed by atoms with van der Waals surface area (Å²) < 4.78 is 4.95. The van der Waals surface area contributed by atoms with Gasteiger partial charge in [0.25, 0.3) is 5.35 Å². The molecule has 1 aromatic heterocycles. The molecule has 0 saturated carbocycles. The van der Waals surface area contributed by atoms with Gasteiger partial charge in [-0.15, -0.1) is 0 Å². The molecule has 5 heteroatoms. The molecule has 0 radical (unpaired) electrons. The van der Waals surface area contributed by atoms with Crippen LogP contribution in [-0.2, 0) is 0 Å². The molecule has 0 spiro atoms. The third kappa shape index (κ3) is 1.36. The van der Waals surface area contributed by atoms with Crippen LogP contribution in [0.1, 0.15) is 10.4 Å². The Hall–Kier alpha value is -1.55. The molecule has 2 aromatic rings. The van der Waals surface area contributed by atoms with Crippen molar-refractivity contribution in [2.24, 2.45) is 0 Å². The largest absolute Gasteiger partial charge is 0.478 e. The van der Waals surface area contributed by atoms with Crippen LogP contribution in [0.2, 0.25) is 5.35 Å². The number of hydrogen-bond donors (Lipinski definition) is 1. The molecule has 13 heavy (non-hydrogen) atoms. The Kier molecular flexibility index (Phi) is 1.70. The lowest BCUT2D eigenvalue weighted by atomic mass is 10.2. The van der Waals surface area contributed by atoms with E-state index >= 15 is 0 Å². The van der Waals surface area contributed by atoms with Crippen molar-refractivity contribution in [1.29, 1.82) is 0 Å². The van der Waals surface area contributed by atoms with Crippen LogP contribution in [0, 0.1) is 0 Å². The topological polar surface area (TPSA) is 63.3 Å². The molecule has 0 fully saturated rings. The minimum Gasteiger partial charge on any atom is -0.478 e. The number of carboxylic acids is 1. The molecule has 1 N–H and O–H groups in total.